The summed E-state index contributed by atoms with van der Waals surface area (Å²) < 4.78 is 10.3. The highest BCUT2D eigenvalue weighted by molar-refractivity contribution is 5.76. The Balaban J connectivity index is 1.95. The molecule has 0 unspecified atom stereocenters. The summed E-state index contributed by atoms with van der Waals surface area (Å²) >= 11 is 0. The lowest BCUT2D eigenvalue weighted by atomic mass is 9.82. The minimum Gasteiger partial charge on any atom is -0.384 e. The Kier molecular flexibility index (Phi) is 4.05. The maximum absolute atomic E-state index is 12.0. The number of amides is 1. The fraction of sp³-hybridized carbons (Fsp3) is 0.923. The number of fused-ring (bicyclic) bond motifs is 1. The first-order valence-electron chi connectivity index (χ1n) is 6.47. The van der Waals surface area contributed by atoms with Gasteiger partial charge in [-0.1, -0.05) is 6.42 Å². The number of nitrogens with zero attached hydrogens (tertiary/aromatic N) is 1. The number of carbonyl (C=O) groups excluding carboxylic acids is 1. The molecule has 0 radical (unpaired) electrons. The van der Waals surface area contributed by atoms with Crippen molar-refractivity contribution in [2.24, 2.45) is 11.3 Å². The van der Waals surface area contributed by atoms with Crippen LogP contribution in [0.15, 0.2) is 0 Å². The van der Waals surface area contributed by atoms with Crippen LogP contribution >= 0.6 is 0 Å². The van der Waals surface area contributed by atoms with Crippen LogP contribution < -0.4 is 0 Å². The van der Waals surface area contributed by atoms with Crippen LogP contribution in [0.3, 0.4) is 0 Å². The van der Waals surface area contributed by atoms with E-state index in [2.05, 4.69) is 0 Å². The summed E-state index contributed by atoms with van der Waals surface area (Å²) in [5, 5.41) is 0. The first-order valence-corrected chi connectivity index (χ1v) is 6.47. The number of hydrogen-bond acceptors (Lipinski definition) is 3. The lowest BCUT2D eigenvalue weighted by Crippen LogP contribution is -2.34. The molecule has 0 N–H and O–H groups in total. The molecular weight excluding hydrogens is 218 g/mol. The molecule has 2 rings (SSSR count). The van der Waals surface area contributed by atoms with Crippen LogP contribution in [0.1, 0.15) is 25.7 Å². The third-order valence-electron chi connectivity index (χ3n) is 4.34. The fourth-order valence-corrected chi connectivity index (χ4v) is 3.48. The number of likely N-dealkylation sites (tertiary alicyclic amines) is 1. The minimum atomic E-state index is 0.233. The summed E-state index contributed by atoms with van der Waals surface area (Å²) in [6.45, 7) is 3.13. The molecule has 2 fully saturated rings. The fourth-order valence-electron chi connectivity index (χ4n) is 3.48. The highest BCUT2D eigenvalue weighted by Crippen LogP contribution is 2.48. The second kappa shape index (κ2) is 5.36. The van der Waals surface area contributed by atoms with Gasteiger partial charge in [-0.2, -0.15) is 0 Å². The standard InChI is InChI=1S/C13H23NO3/c1-16-7-5-12(15)14-8-11-4-3-6-13(11,9-14)10-17-2/h11H,3-10H2,1-2H3/t11-,13+/m1/s1. The van der Waals surface area contributed by atoms with E-state index in [1.807, 2.05) is 4.90 Å². The first-order chi connectivity index (χ1) is 8.22. The Morgan fingerprint density at radius 2 is 2.24 bits per heavy atom. The van der Waals surface area contributed by atoms with E-state index >= 15 is 0 Å². The number of rotatable bonds is 5. The number of ether oxygens (including phenoxy) is 2. The molecule has 0 aromatic rings. The van der Waals surface area contributed by atoms with E-state index in [9.17, 15) is 4.79 Å². The molecule has 1 saturated heterocycles. The van der Waals surface area contributed by atoms with E-state index in [0.717, 1.165) is 19.7 Å². The zero-order valence-electron chi connectivity index (χ0n) is 10.9. The van der Waals surface area contributed by atoms with Gasteiger partial charge >= 0.3 is 0 Å². The average molecular weight is 241 g/mol. The van der Waals surface area contributed by atoms with Crippen LogP contribution in [0.4, 0.5) is 0 Å². The van der Waals surface area contributed by atoms with Gasteiger partial charge in [-0.15, -0.1) is 0 Å². The summed E-state index contributed by atoms with van der Waals surface area (Å²) in [5.41, 5.74) is 0.248. The zero-order chi connectivity index (χ0) is 12.3. The summed E-state index contributed by atoms with van der Waals surface area (Å²) in [7, 11) is 3.40. The highest BCUT2D eigenvalue weighted by atomic mass is 16.5. The molecule has 0 bridgehead atoms. The molecule has 1 amide bonds. The summed E-state index contributed by atoms with van der Waals surface area (Å²) in [6.07, 6.45) is 4.25. The van der Waals surface area contributed by atoms with Gasteiger partial charge < -0.3 is 14.4 Å². The van der Waals surface area contributed by atoms with Crippen molar-refractivity contribution >= 4 is 5.91 Å². The smallest absolute Gasteiger partial charge is 0.224 e. The molecule has 0 aromatic heterocycles. The van der Waals surface area contributed by atoms with Crippen molar-refractivity contribution in [1.29, 1.82) is 0 Å². The molecule has 1 aliphatic carbocycles. The lowest BCUT2D eigenvalue weighted by Gasteiger charge is -2.27. The molecule has 4 heteroatoms. The van der Waals surface area contributed by atoms with E-state index in [1.54, 1.807) is 14.2 Å². The number of methoxy groups -OCH3 is 2. The van der Waals surface area contributed by atoms with Gasteiger partial charge in [-0.25, -0.2) is 0 Å². The minimum absolute atomic E-state index is 0.233. The molecular formula is C13H23NO3. The number of carbonyl (C=O) groups is 1. The largest absolute Gasteiger partial charge is 0.384 e. The van der Waals surface area contributed by atoms with Crippen molar-refractivity contribution in [2.45, 2.75) is 25.7 Å². The Labute approximate surface area is 103 Å². The van der Waals surface area contributed by atoms with Gasteiger partial charge in [0, 0.05) is 32.7 Å². The molecule has 17 heavy (non-hydrogen) atoms. The van der Waals surface area contributed by atoms with Crippen LogP contribution in [0.5, 0.6) is 0 Å². The zero-order valence-corrected chi connectivity index (χ0v) is 10.9. The molecule has 0 aromatic carbocycles. The van der Waals surface area contributed by atoms with Crippen LogP contribution in [0, 0.1) is 11.3 Å². The van der Waals surface area contributed by atoms with Gasteiger partial charge in [0.25, 0.3) is 0 Å². The van der Waals surface area contributed by atoms with Gasteiger partial charge in [0.2, 0.25) is 5.91 Å². The van der Waals surface area contributed by atoms with E-state index in [4.69, 9.17) is 9.47 Å². The first kappa shape index (κ1) is 12.8. The van der Waals surface area contributed by atoms with Crippen LogP contribution in [0.2, 0.25) is 0 Å². The van der Waals surface area contributed by atoms with Gasteiger partial charge in [-0.3, -0.25) is 4.79 Å². The molecule has 98 valence electrons. The van der Waals surface area contributed by atoms with Gasteiger partial charge in [0.1, 0.15) is 0 Å². The third-order valence-corrected chi connectivity index (χ3v) is 4.34. The second-order valence-electron chi connectivity index (χ2n) is 5.40. The van der Waals surface area contributed by atoms with E-state index < -0.39 is 0 Å². The quantitative estimate of drug-likeness (QED) is 0.728. The summed E-state index contributed by atoms with van der Waals surface area (Å²) in [4.78, 5) is 14.0. The van der Waals surface area contributed by atoms with Gasteiger partial charge in [0.15, 0.2) is 0 Å². The third kappa shape index (κ3) is 2.47. The van der Waals surface area contributed by atoms with Crippen molar-refractivity contribution in [2.75, 3.05) is 40.5 Å². The lowest BCUT2D eigenvalue weighted by molar-refractivity contribution is -0.131. The van der Waals surface area contributed by atoms with E-state index in [0.29, 0.717) is 18.9 Å². The maximum atomic E-state index is 12.0. The molecule has 2 aliphatic rings. The average Bonchev–Trinajstić information content (AvgIpc) is 2.82. The predicted molar refractivity (Wildman–Crippen MR) is 64.7 cm³/mol. The predicted octanol–water partition coefficient (Wildman–Crippen LogP) is 1.30. The maximum Gasteiger partial charge on any atom is 0.224 e. The molecule has 1 aliphatic heterocycles. The Morgan fingerprint density at radius 3 is 2.94 bits per heavy atom. The summed E-state index contributed by atoms with van der Waals surface area (Å²) in [5.74, 6) is 0.880. The topological polar surface area (TPSA) is 38.8 Å². The summed E-state index contributed by atoms with van der Waals surface area (Å²) in [6, 6.07) is 0. The SMILES string of the molecule is COCCC(=O)N1C[C@H]2CCC[C@@]2(COC)C1. The second-order valence-corrected chi connectivity index (χ2v) is 5.40. The van der Waals surface area contributed by atoms with Crippen LogP contribution in [-0.4, -0.2) is 51.3 Å². The Bertz CT molecular complexity index is 282. The molecule has 1 saturated carbocycles. The van der Waals surface area contributed by atoms with Crippen molar-refractivity contribution in [3.63, 3.8) is 0 Å². The molecule has 4 nitrogen and oxygen atoms in total. The van der Waals surface area contributed by atoms with Crippen molar-refractivity contribution < 1.29 is 14.3 Å². The highest BCUT2D eigenvalue weighted by Gasteiger charge is 2.50. The Hall–Kier alpha value is -0.610. The number of hydrogen-bond donors (Lipinski definition) is 0. The molecule has 2 atom stereocenters. The molecule has 0 spiro atoms. The van der Waals surface area contributed by atoms with Crippen molar-refractivity contribution in [3.8, 4) is 0 Å². The van der Waals surface area contributed by atoms with Gasteiger partial charge in [-0.05, 0) is 18.8 Å². The normalized spacial score (nSPS) is 31.9. The van der Waals surface area contributed by atoms with Crippen molar-refractivity contribution in [1.82, 2.24) is 4.90 Å². The Morgan fingerprint density at radius 1 is 1.41 bits per heavy atom. The van der Waals surface area contributed by atoms with Crippen LogP contribution in [0.25, 0.3) is 0 Å². The van der Waals surface area contributed by atoms with Crippen LogP contribution in [-0.2, 0) is 14.3 Å². The van der Waals surface area contributed by atoms with E-state index in [1.165, 1.54) is 19.3 Å². The monoisotopic (exact) mass is 241 g/mol. The molecule has 1 heterocycles. The van der Waals surface area contributed by atoms with Gasteiger partial charge in [0.05, 0.1) is 19.6 Å². The van der Waals surface area contributed by atoms with Crippen molar-refractivity contribution in [3.05, 3.63) is 0 Å². The van der Waals surface area contributed by atoms with E-state index in [-0.39, 0.29) is 11.3 Å².